The number of hydrogen-bond acceptors (Lipinski definition) is 8. The third kappa shape index (κ3) is 32.8. The van der Waals surface area contributed by atoms with E-state index >= 15 is 0 Å². The number of aliphatic hydroxyl groups excluding tert-OH is 5. The molecule has 6 N–H and O–H groups in total. The zero-order chi connectivity index (χ0) is 45.1. The van der Waals surface area contributed by atoms with Crippen LogP contribution in [0.2, 0.25) is 0 Å². The van der Waals surface area contributed by atoms with Crippen LogP contribution < -0.4 is 5.32 Å². The van der Waals surface area contributed by atoms with Crippen LogP contribution in [0.25, 0.3) is 0 Å². The van der Waals surface area contributed by atoms with E-state index in [1.54, 1.807) is 6.08 Å². The average Bonchev–Trinajstić information content (AvgIpc) is 3.27. The molecule has 1 aliphatic rings. The lowest BCUT2D eigenvalue weighted by Gasteiger charge is -2.40. The van der Waals surface area contributed by atoms with Gasteiger partial charge >= 0.3 is 0 Å². The zero-order valence-corrected chi connectivity index (χ0v) is 39.9. The van der Waals surface area contributed by atoms with Crippen LogP contribution in [-0.2, 0) is 14.3 Å². The summed E-state index contributed by atoms with van der Waals surface area (Å²) in [6.07, 6.45) is 48.8. The van der Waals surface area contributed by atoms with E-state index in [0.717, 1.165) is 77.0 Å². The molecule has 0 aromatic carbocycles. The summed E-state index contributed by atoms with van der Waals surface area (Å²) in [6, 6.07) is -0.815. The molecule has 9 nitrogen and oxygen atoms in total. The highest BCUT2D eigenvalue weighted by atomic mass is 16.7. The summed E-state index contributed by atoms with van der Waals surface area (Å²) < 4.78 is 11.2. The summed E-state index contributed by atoms with van der Waals surface area (Å²) >= 11 is 0. The molecule has 1 rings (SSSR count). The van der Waals surface area contributed by atoms with Gasteiger partial charge in [0.15, 0.2) is 6.29 Å². The Bertz CT molecular complexity index is 1110. The summed E-state index contributed by atoms with van der Waals surface area (Å²) in [6.45, 7) is 3.66. The Morgan fingerprint density at radius 3 is 1.48 bits per heavy atom. The van der Waals surface area contributed by atoms with Crippen LogP contribution in [0.1, 0.15) is 226 Å². The summed E-state index contributed by atoms with van der Waals surface area (Å²) in [5.74, 6) is -0.194. The second kappa shape index (κ2) is 43.1. The van der Waals surface area contributed by atoms with Gasteiger partial charge in [-0.1, -0.05) is 217 Å². The highest BCUT2D eigenvalue weighted by Crippen LogP contribution is 2.23. The second-order valence-electron chi connectivity index (χ2n) is 17.9. The number of amides is 1. The number of hydrogen-bond donors (Lipinski definition) is 6. The van der Waals surface area contributed by atoms with E-state index in [2.05, 4.69) is 55.6 Å². The normalized spacial score (nSPS) is 20.7. The van der Waals surface area contributed by atoms with Gasteiger partial charge in [-0.2, -0.15) is 0 Å². The van der Waals surface area contributed by atoms with Crippen molar-refractivity contribution in [3.8, 4) is 0 Å². The predicted octanol–water partition coefficient (Wildman–Crippen LogP) is 11.8. The number of carbonyl (C=O) groups is 1. The maximum absolute atomic E-state index is 13.0. The lowest BCUT2D eigenvalue weighted by Crippen LogP contribution is -2.60. The number of ether oxygens (including phenoxy) is 2. The maximum atomic E-state index is 13.0. The highest BCUT2D eigenvalue weighted by Gasteiger charge is 2.44. The molecule has 7 unspecified atom stereocenters. The molecule has 0 aromatic heterocycles. The van der Waals surface area contributed by atoms with Crippen LogP contribution in [0.15, 0.2) is 48.6 Å². The molecule has 0 saturated carbocycles. The van der Waals surface area contributed by atoms with Crippen molar-refractivity contribution in [1.29, 1.82) is 0 Å². The van der Waals surface area contributed by atoms with Crippen LogP contribution in [0.5, 0.6) is 0 Å². The molecule has 1 amide bonds. The number of nitrogens with one attached hydrogen (secondary N) is 1. The van der Waals surface area contributed by atoms with Crippen molar-refractivity contribution < 1.29 is 39.8 Å². The summed E-state index contributed by atoms with van der Waals surface area (Å²) in [5.41, 5.74) is 0. The van der Waals surface area contributed by atoms with E-state index in [-0.39, 0.29) is 12.5 Å². The van der Waals surface area contributed by atoms with Gasteiger partial charge in [0.25, 0.3) is 0 Å². The molecule has 1 aliphatic heterocycles. The Balaban J connectivity index is 2.28. The predicted molar refractivity (Wildman–Crippen MR) is 258 cm³/mol. The molecule has 62 heavy (non-hydrogen) atoms. The molecule has 7 atom stereocenters. The van der Waals surface area contributed by atoms with Gasteiger partial charge in [-0.05, 0) is 51.4 Å². The SMILES string of the molecule is CC/C=C\C/C=C\C/C=C\CCCCCCCC(=O)NC(COC1OC(CO)C(O)C(O)C1O)C(O)/C=C/CCCCCCCCCCCCCCCCCCCCCCCC. The van der Waals surface area contributed by atoms with Gasteiger partial charge < -0.3 is 40.3 Å². The molecule has 1 fully saturated rings. The first kappa shape index (κ1) is 58.2. The number of allylic oxidation sites excluding steroid dienone is 7. The Labute approximate surface area is 380 Å². The Morgan fingerprint density at radius 1 is 0.565 bits per heavy atom. The molecule has 0 spiro atoms. The summed E-state index contributed by atoms with van der Waals surface area (Å²) in [4.78, 5) is 13.0. The van der Waals surface area contributed by atoms with E-state index in [9.17, 15) is 30.3 Å². The minimum Gasteiger partial charge on any atom is -0.394 e. The molecule has 0 bridgehead atoms. The van der Waals surface area contributed by atoms with Crippen molar-refractivity contribution in [3.63, 3.8) is 0 Å². The zero-order valence-electron chi connectivity index (χ0n) is 39.9. The molecular weight excluding hydrogens is 779 g/mol. The molecule has 9 heteroatoms. The van der Waals surface area contributed by atoms with Crippen molar-refractivity contribution in [1.82, 2.24) is 5.32 Å². The Hall–Kier alpha value is -1.85. The van der Waals surface area contributed by atoms with Crippen molar-refractivity contribution in [2.75, 3.05) is 13.2 Å². The lowest BCUT2D eigenvalue weighted by molar-refractivity contribution is -0.302. The largest absolute Gasteiger partial charge is 0.394 e. The first-order valence-electron chi connectivity index (χ1n) is 25.9. The van der Waals surface area contributed by atoms with E-state index in [4.69, 9.17) is 9.47 Å². The van der Waals surface area contributed by atoms with Gasteiger partial charge in [0.2, 0.25) is 5.91 Å². The topological polar surface area (TPSA) is 149 Å². The quantitative estimate of drug-likeness (QED) is 0.0262. The first-order valence-corrected chi connectivity index (χ1v) is 25.9. The van der Waals surface area contributed by atoms with E-state index < -0.39 is 49.5 Å². The van der Waals surface area contributed by atoms with Gasteiger partial charge in [0.05, 0.1) is 25.4 Å². The number of unbranched alkanes of at least 4 members (excludes halogenated alkanes) is 27. The fourth-order valence-corrected chi connectivity index (χ4v) is 8.05. The second-order valence-corrected chi connectivity index (χ2v) is 17.9. The van der Waals surface area contributed by atoms with Crippen LogP contribution in [0.3, 0.4) is 0 Å². The maximum Gasteiger partial charge on any atom is 0.220 e. The molecule has 0 aromatic rings. The fourth-order valence-electron chi connectivity index (χ4n) is 8.05. The number of rotatable bonds is 43. The van der Waals surface area contributed by atoms with E-state index in [1.165, 1.54) is 128 Å². The third-order valence-electron chi connectivity index (χ3n) is 12.2. The highest BCUT2D eigenvalue weighted by molar-refractivity contribution is 5.76. The van der Waals surface area contributed by atoms with Crippen molar-refractivity contribution in [2.45, 2.75) is 269 Å². The third-order valence-corrected chi connectivity index (χ3v) is 12.2. The monoisotopic (exact) mass is 876 g/mol. The van der Waals surface area contributed by atoms with Crippen LogP contribution >= 0.6 is 0 Å². The van der Waals surface area contributed by atoms with Crippen molar-refractivity contribution >= 4 is 5.91 Å². The minimum atomic E-state index is -1.57. The van der Waals surface area contributed by atoms with E-state index in [0.29, 0.717) is 6.42 Å². The number of aliphatic hydroxyl groups is 5. The van der Waals surface area contributed by atoms with Crippen molar-refractivity contribution in [3.05, 3.63) is 48.6 Å². The molecule has 362 valence electrons. The minimum absolute atomic E-state index is 0.194. The lowest BCUT2D eigenvalue weighted by atomic mass is 9.99. The van der Waals surface area contributed by atoms with E-state index in [1.807, 2.05) is 6.08 Å². The fraction of sp³-hybridized carbons (Fsp3) is 0.830. The number of carbonyl (C=O) groups excluding carboxylic acids is 1. The van der Waals surface area contributed by atoms with Gasteiger partial charge in [-0.3, -0.25) is 4.79 Å². The standard InChI is InChI=1S/C53H97NO8/c1-3-5-7-9-11-13-15-17-19-20-21-22-23-24-25-26-27-29-30-32-34-36-38-40-42-47(56)46(45-61-53-52(60)51(59)50(58)48(44-55)62-53)54-49(57)43-41-39-37-35-33-31-28-18-16-14-12-10-8-6-4-2/h6,8,12,14,18,28,40,42,46-48,50-53,55-56,58-60H,3-5,7,9-11,13,15-17,19-27,29-39,41,43-45H2,1-2H3,(H,54,57)/b8-6-,14-12-,28-18-,42-40+. The van der Waals surface area contributed by atoms with Crippen LogP contribution in [0, 0.1) is 0 Å². The molecular formula is C53H97NO8. The summed E-state index contributed by atoms with van der Waals surface area (Å²) in [7, 11) is 0. The Morgan fingerprint density at radius 2 is 1.00 bits per heavy atom. The van der Waals surface area contributed by atoms with Crippen molar-refractivity contribution in [2.24, 2.45) is 0 Å². The van der Waals surface area contributed by atoms with Gasteiger partial charge in [0.1, 0.15) is 24.4 Å². The Kier molecular flexibility index (Phi) is 40.4. The van der Waals surface area contributed by atoms with Gasteiger partial charge in [-0.15, -0.1) is 0 Å². The molecule has 1 heterocycles. The first-order chi connectivity index (χ1) is 30.3. The van der Waals surface area contributed by atoms with Gasteiger partial charge in [-0.25, -0.2) is 0 Å². The molecule has 0 aliphatic carbocycles. The summed E-state index contributed by atoms with van der Waals surface area (Å²) in [5, 5.41) is 54.3. The molecule has 0 radical (unpaired) electrons. The van der Waals surface area contributed by atoms with Gasteiger partial charge in [0, 0.05) is 6.42 Å². The average molecular weight is 876 g/mol. The van der Waals surface area contributed by atoms with Crippen LogP contribution in [0.4, 0.5) is 0 Å². The van der Waals surface area contributed by atoms with Crippen LogP contribution in [-0.4, -0.2) is 87.5 Å². The molecule has 1 saturated heterocycles. The smallest absolute Gasteiger partial charge is 0.220 e.